The predicted molar refractivity (Wildman–Crippen MR) is 141 cm³/mol. The van der Waals surface area contributed by atoms with Crippen LogP contribution in [0.4, 0.5) is 10.2 Å². The quantitative estimate of drug-likeness (QED) is 0.563. The lowest BCUT2D eigenvalue weighted by Crippen LogP contribution is -2.39. The molecule has 2 aliphatic rings. The van der Waals surface area contributed by atoms with Crippen LogP contribution in [0.3, 0.4) is 0 Å². The molecule has 7 nitrogen and oxygen atoms in total. The molecule has 2 aliphatic heterocycles. The third kappa shape index (κ3) is 6.44. The zero-order valence-electron chi connectivity index (χ0n) is 20.7. The van der Waals surface area contributed by atoms with E-state index in [-0.39, 0.29) is 18.5 Å². The zero-order valence-corrected chi connectivity index (χ0v) is 20.7. The lowest BCUT2D eigenvalue weighted by molar-refractivity contribution is -0.121. The van der Waals surface area contributed by atoms with Crippen molar-refractivity contribution in [3.05, 3.63) is 42.2 Å². The van der Waals surface area contributed by atoms with E-state index in [2.05, 4.69) is 31.2 Å². The highest BCUT2D eigenvalue weighted by Crippen LogP contribution is 2.25. The van der Waals surface area contributed by atoms with Gasteiger partial charge in [0.25, 0.3) is 0 Å². The number of nitrogens with two attached hydrogens (primary N) is 1. The van der Waals surface area contributed by atoms with E-state index in [1.54, 1.807) is 12.4 Å². The molecule has 2 saturated heterocycles. The van der Waals surface area contributed by atoms with Gasteiger partial charge in [-0.05, 0) is 74.9 Å². The minimum atomic E-state index is -0.342. The number of fused-ring (bicyclic) bond motifs is 1. The molecule has 0 bridgehead atoms. The summed E-state index contributed by atoms with van der Waals surface area (Å²) in [6.45, 7) is 4.60. The second kappa shape index (κ2) is 12.2. The van der Waals surface area contributed by atoms with Gasteiger partial charge in [0.2, 0.25) is 5.91 Å². The SMILES string of the molecule is CN=C(CN1CCCCC1)C(=CN)c1ccc2cnc(NC(=O)C3CCN(CCF)CC3)cc2c1. The molecular weight excluding hydrogens is 443 g/mol. The van der Waals surface area contributed by atoms with Crippen LogP contribution >= 0.6 is 0 Å². The van der Waals surface area contributed by atoms with Crippen molar-refractivity contribution in [1.82, 2.24) is 14.8 Å². The first kappa shape index (κ1) is 25.3. The van der Waals surface area contributed by atoms with Gasteiger partial charge in [-0.1, -0.05) is 18.6 Å². The first-order valence-electron chi connectivity index (χ1n) is 12.7. The molecule has 0 radical (unpaired) electrons. The molecule has 0 aliphatic carbocycles. The lowest BCUT2D eigenvalue weighted by atomic mass is 9.96. The Morgan fingerprint density at radius 2 is 1.91 bits per heavy atom. The number of likely N-dealkylation sites (tertiary alicyclic amines) is 2. The van der Waals surface area contributed by atoms with Crippen LogP contribution in [0.2, 0.25) is 0 Å². The summed E-state index contributed by atoms with van der Waals surface area (Å²) < 4.78 is 12.6. The number of piperidine rings is 2. The Morgan fingerprint density at radius 1 is 1.14 bits per heavy atom. The number of rotatable bonds is 8. The molecule has 188 valence electrons. The number of anilines is 1. The largest absolute Gasteiger partial charge is 0.404 e. The van der Waals surface area contributed by atoms with Gasteiger partial charge in [-0.15, -0.1) is 0 Å². The van der Waals surface area contributed by atoms with Crippen LogP contribution in [-0.4, -0.2) is 79.4 Å². The molecule has 2 aromatic rings. The second-order valence-corrected chi connectivity index (χ2v) is 9.51. The summed E-state index contributed by atoms with van der Waals surface area (Å²) in [6.07, 6.45) is 8.67. The van der Waals surface area contributed by atoms with Crippen LogP contribution in [0.25, 0.3) is 16.3 Å². The number of amides is 1. The first-order chi connectivity index (χ1) is 17.1. The topological polar surface area (TPSA) is 86.8 Å². The van der Waals surface area contributed by atoms with Crippen LogP contribution in [-0.2, 0) is 4.79 Å². The molecule has 0 unspecified atom stereocenters. The van der Waals surface area contributed by atoms with Crippen molar-refractivity contribution in [3.8, 4) is 0 Å². The molecule has 4 rings (SSSR count). The fourth-order valence-corrected chi connectivity index (χ4v) is 5.11. The normalized spacial score (nSPS) is 19.3. The van der Waals surface area contributed by atoms with Gasteiger partial charge in [-0.3, -0.25) is 14.7 Å². The van der Waals surface area contributed by atoms with Gasteiger partial charge in [0.05, 0.1) is 5.71 Å². The highest BCUT2D eigenvalue weighted by atomic mass is 19.1. The maximum atomic E-state index is 12.8. The van der Waals surface area contributed by atoms with Crippen molar-refractivity contribution >= 4 is 33.8 Å². The van der Waals surface area contributed by atoms with E-state index >= 15 is 0 Å². The van der Waals surface area contributed by atoms with E-state index < -0.39 is 0 Å². The Balaban J connectivity index is 1.46. The van der Waals surface area contributed by atoms with Crippen molar-refractivity contribution in [2.24, 2.45) is 16.6 Å². The van der Waals surface area contributed by atoms with E-state index in [9.17, 15) is 9.18 Å². The zero-order chi connectivity index (χ0) is 24.6. The summed E-state index contributed by atoms with van der Waals surface area (Å²) in [5.74, 6) is 0.457. The Bertz CT molecular complexity index is 1070. The monoisotopic (exact) mass is 480 g/mol. The predicted octanol–water partition coefficient (Wildman–Crippen LogP) is 3.71. The number of pyridine rings is 1. The number of aliphatic imine (C=N–C) groups is 1. The summed E-state index contributed by atoms with van der Waals surface area (Å²) in [5, 5.41) is 4.97. The highest BCUT2D eigenvalue weighted by Gasteiger charge is 2.25. The van der Waals surface area contributed by atoms with E-state index in [1.165, 1.54) is 19.3 Å². The molecule has 1 amide bonds. The van der Waals surface area contributed by atoms with Crippen LogP contribution in [0.1, 0.15) is 37.7 Å². The number of aromatic nitrogens is 1. The van der Waals surface area contributed by atoms with Crippen molar-refractivity contribution in [2.45, 2.75) is 32.1 Å². The number of hydrogen-bond acceptors (Lipinski definition) is 6. The Kier molecular flexibility index (Phi) is 8.82. The molecule has 0 saturated carbocycles. The Hall–Kier alpha value is -2.84. The average Bonchev–Trinajstić information content (AvgIpc) is 2.89. The van der Waals surface area contributed by atoms with Gasteiger partial charge in [0.15, 0.2) is 0 Å². The second-order valence-electron chi connectivity index (χ2n) is 9.51. The summed E-state index contributed by atoms with van der Waals surface area (Å²) in [7, 11) is 1.82. The van der Waals surface area contributed by atoms with Crippen molar-refractivity contribution in [1.29, 1.82) is 0 Å². The molecule has 0 atom stereocenters. The minimum Gasteiger partial charge on any atom is -0.404 e. The van der Waals surface area contributed by atoms with Crippen molar-refractivity contribution < 1.29 is 9.18 Å². The van der Waals surface area contributed by atoms with Gasteiger partial charge in [0, 0.05) is 49.4 Å². The first-order valence-corrected chi connectivity index (χ1v) is 12.7. The summed E-state index contributed by atoms with van der Waals surface area (Å²) >= 11 is 0. The molecule has 0 spiro atoms. The smallest absolute Gasteiger partial charge is 0.228 e. The van der Waals surface area contributed by atoms with Crippen LogP contribution in [0.5, 0.6) is 0 Å². The van der Waals surface area contributed by atoms with Crippen molar-refractivity contribution in [3.63, 3.8) is 0 Å². The van der Waals surface area contributed by atoms with Gasteiger partial charge < -0.3 is 16.0 Å². The number of alkyl halides is 1. The number of carbonyl (C=O) groups is 1. The van der Waals surface area contributed by atoms with Crippen LogP contribution in [0.15, 0.2) is 41.7 Å². The highest BCUT2D eigenvalue weighted by molar-refractivity contribution is 6.25. The number of benzene rings is 1. The van der Waals surface area contributed by atoms with Crippen LogP contribution in [0, 0.1) is 5.92 Å². The standard InChI is InChI=1S/C27H37FN6O/c1-30-25(19-34-10-3-2-4-11-34)24(17-29)21-5-6-22-18-31-26(16-23(22)15-21)32-27(35)20-7-12-33(13-8-20)14-9-28/h5-6,15-18,20H,2-4,7-14,19,29H2,1H3,(H,31,32,35). The number of carbonyl (C=O) groups excluding carboxylic acids is 1. The minimum absolute atomic E-state index is 0.0163. The Morgan fingerprint density at radius 3 is 2.60 bits per heavy atom. The number of nitrogens with zero attached hydrogens (tertiary/aromatic N) is 4. The van der Waals surface area contributed by atoms with E-state index in [0.717, 1.165) is 73.2 Å². The molecule has 1 aromatic carbocycles. The summed E-state index contributed by atoms with van der Waals surface area (Å²) in [6, 6.07) is 8.08. The molecule has 35 heavy (non-hydrogen) atoms. The van der Waals surface area contributed by atoms with E-state index in [0.29, 0.717) is 12.4 Å². The molecular formula is C27H37FN6O. The number of nitrogens with one attached hydrogen (secondary N) is 1. The molecule has 3 heterocycles. The maximum Gasteiger partial charge on any atom is 0.228 e. The molecule has 1 aromatic heterocycles. The van der Waals surface area contributed by atoms with Crippen LogP contribution < -0.4 is 11.1 Å². The third-order valence-corrected chi connectivity index (χ3v) is 7.21. The number of hydrogen-bond donors (Lipinski definition) is 2. The van der Waals surface area contributed by atoms with Gasteiger partial charge in [-0.25, -0.2) is 9.37 Å². The van der Waals surface area contributed by atoms with E-state index in [4.69, 9.17) is 5.73 Å². The fourth-order valence-electron chi connectivity index (χ4n) is 5.11. The van der Waals surface area contributed by atoms with Gasteiger partial charge in [-0.2, -0.15) is 0 Å². The fraction of sp³-hybridized carbons (Fsp3) is 0.519. The molecule has 8 heteroatoms. The Labute approximate surface area is 207 Å². The maximum absolute atomic E-state index is 12.8. The van der Waals surface area contributed by atoms with Gasteiger partial charge in [0.1, 0.15) is 12.5 Å². The summed E-state index contributed by atoms with van der Waals surface area (Å²) in [4.78, 5) is 26.3. The third-order valence-electron chi connectivity index (χ3n) is 7.21. The lowest BCUT2D eigenvalue weighted by Gasteiger charge is -2.30. The van der Waals surface area contributed by atoms with Gasteiger partial charge >= 0.3 is 0 Å². The average molecular weight is 481 g/mol. The molecule has 3 N–H and O–H groups in total. The summed E-state index contributed by atoms with van der Waals surface area (Å²) in [5.41, 5.74) is 9.00. The van der Waals surface area contributed by atoms with E-state index in [1.807, 2.05) is 25.2 Å². The van der Waals surface area contributed by atoms with Crippen molar-refractivity contribution in [2.75, 3.05) is 58.3 Å². The number of halogens is 1. The molecule has 2 fully saturated rings.